The number of carbonyl (C=O) groups is 4. The van der Waals surface area contributed by atoms with Crippen LogP contribution in [0.25, 0.3) is 0 Å². The molecule has 0 fully saturated rings. The van der Waals surface area contributed by atoms with Gasteiger partial charge in [-0.15, -0.1) is 0 Å². The molecule has 0 aromatic heterocycles. The molecule has 0 aromatic rings. The molecule has 22 heavy (non-hydrogen) atoms. The fraction of sp³-hybridized carbons (Fsp3) is 0.600. The van der Waals surface area contributed by atoms with Crippen LogP contribution in [0.5, 0.6) is 0 Å². The van der Waals surface area contributed by atoms with Crippen LogP contribution in [0.3, 0.4) is 0 Å². The van der Waals surface area contributed by atoms with Crippen molar-refractivity contribution >= 4 is 75.3 Å². The standard InChI is InChI=1S/C10H16N2O8.Cu.K.H/c13-7(14)3-11(4-8(15)16)1-2-12(5-9(17)18)6-10(19)20;;;/h1-6H2,(H,13,14)(H,15,16)(H,17,18)(H,19,20);;;. The summed E-state index contributed by atoms with van der Waals surface area (Å²) >= 11 is 0. The van der Waals surface area contributed by atoms with E-state index in [1.54, 1.807) is 0 Å². The van der Waals surface area contributed by atoms with Gasteiger partial charge in [-0.05, 0) is 0 Å². The van der Waals surface area contributed by atoms with Crippen LogP contribution in [0.1, 0.15) is 0 Å². The van der Waals surface area contributed by atoms with Gasteiger partial charge in [-0.2, -0.15) is 0 Å². The van der Waals surface area contributed by atoms with Gasteiger partial charge in [0.15, 0.2) is 0 Å². The van der Waals surface area contributed by atoms with Gasteiger partial charge in [-0.3, -0.25) is 29.0 Å². The van der Waals surface area contributed by atoms with Gasteiger partial charge in [0.2, 0.25) is 0 Å². The summed E-state index contributed by atoms with van der Waals surface area (Å²) in [4.78, 5) is 44.4. The molecule has 10 nitrogen and oxygen atoms in total. The van der Waals surface area contributed by atoms with Gasteiger partial charge >= 0.3 is 75.3 Å². The van der Waals surface area contributed by atoms with E-state index in [1.807, 2.05) is 0 Å². The normalized spacial score (nSPS) is 9.73. The van der Waals surface area contributed by atoms with E-state index in [0.717, 1.165) is 9.80 Å². The van der Waals surface area contributed by atoms with Crippen LogP contribution in [-0.4, -0.2) is 145 Å². The van der Waals surface area contributed by atoms with E-state index in [2.05, 4.69) is 0 Å². The summed E-state index contributed by atoms with van der Waals surface area (Å²) < 4.78 is 0. The van der Waals surface area contributed by atoms with Gasteiger partial charge in [0.1, 0.15) is 0 Å². The molecule has 1 radical (unpaired) electrons. The van der Waals surface area contributed by atoms with E-state index in [9.17, 15) is 19.2 Å². The first-order valence-corrected chi connectivity index (χ1v) is 5.52. The van der Waals surface area contributed by atoms with Gasteiger partial charge in [0, 0.05) is 30.2 Å². The summed E-state index contributed by atoms with van der Waals surface area (Å²) in [6.45, 7) is -2.25. The molecule has 0 rings (SSSR count). The van der Waals surface area contributed by atoms with Crippen LogP contribution >= 0.6 is 0 Å². The van der Waals surface area contributed by atoms with Crippen LogP contribution in [0, 0.1) is 0 Å². The van der Waals surface area contributed by atoms with Crippen molar-refractivity contribution in [2.75, 3.05) is 39.3 Å². The average molecular weight is 396 g/mol. The quantitative estimate of drug-likeness (QED) is 0.271. The van der Waals surface area contributed by atoms with Gasteiger partial charge in [0.25, 0.3) is 0 Å². The predicted octanol–water partition coefficient (Wildman–Crippen LogP) is -2.72. The number of hydrogen-bond donors (Lipinski definition) is 4. The molecule has 0 spiro atoms. The average Bonchev–Trinajstić information content (AvgIpc) is 2.22. The van der Waals surface area contributed by atoms with E-state index in [-0.39, 0.29) is 81.5 Å². The van der Waals surface area contributed by atoms with Crippen molar-refractivity contribution in [3.63, 3.8) is 0 Å². The van der Waals surface area contributed by atoms with Gasteiger partial charge < -0.3 is 20.4 Å². The molecule has 0 aliphatic carbocycles. The second-order valence-corrected chi connectivity index (χ2v) is 4.00. The number of aliphatic carboxylic acids is 4. The van der Waals surface area contributed by atoms with Crippen molar-refractivity contribution < 1.29 is 56.7 Å². The van der Waals surface area contributed by atoms with Crippen LogP contribution in [0.2, 0.25) is 0 Å². The summed E-state index contributed by atoms with van der Waals surface area (Å²) in [5.74, 6) is -4.91. The molecule has 0 heterocycles. The molecule has 0 amide bonds. The van der Waals surface area contributed by atoms with Crippen molar-refractivity contribution in [1.82, 2.24) is 9.80 Å². The van der Waals surface area contributed by atoms with E-state index >= 15 is 0 Å². The third kappa shape index (κ3) is 16.3. The fourth-order valence-corrected chi connectivity index (χ4v) is 1.48. The van der Waals surface area contributed by atoms with Crippen LogP contribution in [-0.2, 0) is 36.2 Å². The summed E-state index contributed by atoms with van der Waals surface area (Å²) in [5.41, 5.74) is 0. The number of carboxylic acid groups (broad SMARTS) is 4. The third-order valence-corrected chi connectivity index (χ3v) is 2.17. The van der Waals surface area contributed by atoms with Crippen molar-refractivity contribution in [1.29, 1.82) is 0 Å². The Morgan fingerprint density at radius 1 is 0.591 bits per heavy atom. The topological polar surface area (TPSA) is 156 Å². The van der Waals surface area contributed by atoms with E-state index in [4.69, 9.17) is 20.4 Å². The summed E-state index contributed by atoms with van der Waals surface area (Å²) in [6.07, 6.45) is 0. The Labute approximate surface area is 179 Å². The summed E-state index contributed by atoms with van der Waals surface area (Å²) in [6, 6.07) is 0. The Morgan fingerprint density at radius 3 is 0.909 bits per heavy atom. The number of nitrogens with zero attached hydrogens (tertiary/aromatic N) is 2. The molecule has 0 saturated carbocycles. The second-order valence-electron chi connectivity index (χ2n) is 4.00. The molecule has 0 saturated heterocycles. The molecule has 12 heteroatoms. The third-order valence-electron chi connectivity index (χ3n) is 2.17. The molecular formula is C10H17CuKN2O8. The first kappa shape index (κ1) is 26.8. The molecule has 4 N–H and O–H groups in total. The van der Waals surface area contributed by atoms with Gasteiger partial charge in [-0.1, -0.05) is 0 Å². The Balaban J connectivity index is -0.00000180. The Bertz CT molecular complexity index is 327. The van der Waals surface area contributed by atoms with Crippen LogP contribution < -0.4 is 0 Å². The van der Waals surface area contributed by atoms with Gasteiger partial charge in [-0.25, -0.2) is 0 Å². The molecule has 0 bridgehead atoms. The first-order valence-electron chi connectivity index (χ1n) is 5.52. The monoisotopic (exact) mass is 395 g/mol. The predicted molar refractivity (Wildman–Crippen MR) is 70.6 cm³/mol. The van der Waals surface area contributed by atoms with Crippen molar-refractivity contribution in [3.05, 3.63) is 0 Å². The fourth-order valence-electron chi connectivity index (χ4n) is 1.48. The number of carboxylic acids is 4. The summed E-state index contributed by atoms with van der Waals surface area (Å²) in [7, 11) is 0. The minimum absolute atomic E-state index is 0. The number of rotatable bonds is 11. The minimum atomic E-state index is -1.23. The Morgan fingerprint density at radius 2 is 0.773 bits per heavy atom. The zero-order chi connectivity index (χ0) is 15.7. The van der Waals surface area contributed by atoms with E-state index in [0.29, 0.717) is 0 Å². The Kier molecular flexibility index (Phi) is 17.7. The van der Waals surface area contributed by atoms with Gasteiger partial charge in [0.05, 0.1) is 26.2 Å². The molecule has 0 unspecified atom stereocenters. The first-order chi connectivity index (χ1) is 9.20. The molecule has 0 aliphatic heterocycles. The van der Waals surface area contributed by atoms with E-state index < -0.39 is 50.1 Å². The van der Waals surface area contributed by atoms with Crippen LogP contribution in [0.15, 0.2) is 0 Å². The summed E-state index contributed by atoms with van der Waals surface area (Å²) in [5, 5.41) is 34.5. The maximum atomic E-state index is 10.6. The molecule has 0 atom stereocenters. The SMILES string of the molecule is O=C(O)CN(CCN(CC(=O)O)CC(=O)O)CC(=O)O.[Cu].[KH]. The van der Waals surface area contributed by atoms with Crippen molar-refractivity contribution in [2.45, 2.75) is 0 Å². The zero-order valence-electron chi connectivity index (χ0n) is 10.9. The van der Waals surface area contributed by atoms with Crippen molar-refractivity contribution in [2.24, 2.45) is 0 Å². The Hall–Kier alpha value is -0.0442. The second kappa shape index (κ2) is 14.5. The molecule has 0 aliphatic rings. The molecule has 0 aromatic carbocycles. The molecule has 127 valence electrons. The molecular weight excluding hydrogens is 379 g/mol. The number of hydrogen-bond acceptors (Lipinski definition) is 6. The van der Waals surface area contributed by atoms with Crippen LogP contribution in [0.4, 0.5) is 0 Å². The van der Waals surface area contributed by atoms with E-state index in [1.165, 1.54) is 0 Å². The van der Waals surface area contributed by atoms with Crippen molar-refractivity contribution in [3.8, 4) is 0 Å². The zero-order valence-corrected chi connectivity index (χ0v) is 11.8. The maximum absolute atomic E-state index is 10.6.